The highest BCUT2D eigenvalue weighted by atomic mass is 32.4. The molecule has 0 radical (unpaired) electrons. The van der Waals surface area contributed by atoms with Crippen molar-refractivity contribution in [3.05, 3.63) is 218 Å². The van der Waals surface area contributed by atoms with E-state index >= 15 is 0 Å². The minimum atomic E-state index is -2.63. The Labute approximate surface area is 345 Å². The van der Waals surface area contributed by atoms with Crippen molar-refractivity contribution in [2.75, 3.05) is 0 Å². The Morgan fingerprint density at radius 1 is 0.421 bits per heavy atom. The van der Waals surface area contributed by atoms with Crippen LogP contribution in [0.3, 0.4) is 0 Å². The summed E-state index contributed by atoms with van der Waals surface area (Å²) in [5.74, 6) is 0. The van der Waals surface area contributed by atoms with Crippen molar-refractivity contribution in [2.45, 2.75) is 6.92 Å². The molecule has 0 atom stereocenters. The van der Waals surface area contributed by atoms with Crippen LogP contribution in [-0.2, 0) is 23.6 Å². The van der Waals surface area contributed by atoms with Crippen LogP contribution in [0.1, 0.15) is 12.5 Å². The molecule has 0 saturated heterocycles. The zero-order valence-electron chi connectivity index (χ0n) is 31.4. The monoisotopic (exact) mass is 803 g/mol. The van der Waals surface area contributed by atoms with Crippen molar-refractivity contribution >= 4 is 95.3 Å². The van der Waals surface area contributed by atoms with Gasteiger partial charge in [-0.05, 0) is 67.9 Å². The van der Waals surface area contributed by atoms with Crippen molar-refractivity contribution in [2.24, 2.45) is 0 Å². The molecule has 274 valence electrons. The SMILES string of the molecule is C/C=C\c1c(-c2ccccc2)nc2c(ccc3ccccc32)c1-c1cc(P(=S)(c2ccccc2)c2ccccc2)cc(P(=S)(c2ccccc2)c2ccccc2)c1. The van der Waals surface area contributed by atoms with E-state index in [9.17, 15) is 0 Å². The number of hydrogen-bond donors (Lipinski definition) is 0. The first-order chi connectivity index (χ1) is 28.0. The summed E-state index contributed by atoms with van der Waals surface area (Å²) in [5, 5.41) is 10.2. The summed E-state index contributed by atoms with van der Waals surface area (Å²) in [6.07, 6.45) is 4.35. The van der Waals surface area contributed by atoms with Gasteiger partial charge in [-0.25, -0.2) is 4.98 Å². The summed E-state index contributed by atoms with van der Waals surface area (Å²) in [6, 6.07) is 68.3. The fraction of sp³-hybridized carbons (Fsp3) is 0.0192. The maximum Gasteiger partial charge on any atom is 0.0794 e. The number of fused-ring (bicyclic) bond motifs is 3. The van der Waals surface area contributed by atoms with Gasteiger partial charge in [-0.2, -0.15) is 0 Å². The molecule has 0 amide bonds. The lowest BCUT2D eigenvalue weighted by atomic mass is 9.90. The fourth-order valence-electron chi connectivity index (χ4n) is 8.02. The lowest BCUT2D eigenvalue weighted by Crippen LogP contribution is -2.30. The van der Waals surface area contributed by atoms with Gasteiger partial charge in [-0.1, -0.05) is 224 Å². The smallest absolute Gasteiger partial charge is 0.0794 e. The highest BCUT2D eigenvalue weighted by Crippen LogP contribution is 2.49. The molecule has 0 bridgehead atoms. The first kappa shape index (κ1) is 37.1. The largest absolute Gasteiger partial charge is 0.246 e. The number of aromatic nitrogens is 1. The zero-order valence-corrected chi connectivity index (χ0v) is 34.9. The normalized spacial score (nSPS) is 12.0. The molecule has 0 aliphatic rings. The molecule has 0 N–H and O–H groups in total. The van der Waals surface area contributed by atoms with Crippen molar-refractivity contribution in [1.29, 1.82) is 0 Å². The number of allylic oxidation sites excluding steroid dienone is 1. The van der Waals surface area contributed by atoms with Gasteiger partial charge in [0.05, 0.1) is 11.2 Å². The third-order valence-electron chi connectivity index (χ3n) is 10.7. The maximum absolute atomic E-state index is 7.14. The number of pyridine rings is 1. The van der Waals surface area contributed by atoms with Gasteiger partial charge in [0, 0.05) is 39.5 Å². The number of nitrogens with zero attached hydrogens (tertiary/aromatic N) is 1. The van der Waals surface area contributed by atoms with E-state index in [0.29, 0.717) is 0 Å². The highest BCUT2D eigenvalue weighted by molar-refractivity contribution is 8.26. The Balaban J connectivity index is 1.48. The van der Waals surface area contributed by atoms with Crippen molar-refractivity contribution in [3.63, 3.8) is 0 Å². The molecule has 57 heavy (non-hydrogen) atoms. The summed E-state index contributed by atoms with van der Waals surface area (Å²) < 4.78 is 0. The van der Waals surface area contributed by atoms with E-state index in [4.69, 9.17) is 28.6 Å². The van der Waals surface area contributed by atoms with Gasteiger partial charge in [0.25, 0.3) is 0 Å². The molecule has 0 fully saturated rings. The Kier molecular flexibility index (Phi) is 10.3. The second kappa shape index (κ2) is 15.8. The zero-order chi connectivity index (χ0) is 38.8. The maximum atomic E-state index is 7.14. The molecule has 0 aliphatic carbocycles. The molecule has 5 heteroatoms. The molecule has 9 rings (SSSR count). The molecule has 0 saturated carbocycles. The van der Waals surface area contributed by atoms with Gasteiger partial charge in [-0.15, -0.1) is 0 Å². The Morgan fingerprint density at radius 2 is 0.860 bits per heavy atom. The molecular formula is C52H39NP2S2. The first-order valence-electron chi connectivity index (χ1n) is 19.1. The average molecular weight is 804 g/mol. The van der Waals surface area contributed by atoms with Crippen LogP contribution in [-0.4, -0.2) is 4.98 Å². The quantitative estimate of drug-likeness (QED) is 0.107. The molecule has 1 aromatic heterocycles. The lowest BCUT2D eigenvalue weighted by Gasteiger charge is -2.29. The number of rotatable bonds is 9. The van der Waals surface area contributed by atoms with Crippen LogP contribution in [0.5, 0.6) is 0 Å². The van der Waals surface area contributed by atoms with Gasteiger partial charge < -0.3 is 0 Å². The summed E-state index contributed by atoms with van der Waals surface area (Å²) in [4.78, 5) is 5.53. The molecule has 1 nitrogen and oxygen atoms in total. The van der Waals surface area contributed by atoms with Gasteiger partial charge in [0.2, 0.25) is 0 Å². The Bertz CT molecular complexity index is 2800. The standard InChI is InChI=1S/C52H39NP2S2/c1-2-20-48-50(49-34-33-38-21-18-19-32-47(38)52(49)53-51(48)39-22-8-3-9-23-39)40-35-45(54(56,41-24-10-4-11-25-41)42-26-12-5-13-27-42)37-46(36-40)55(57,43-28-14-6-15-29-43)44-30-16-7-17-31-44/h2-37H,1H3/b20-2-. The second-order valence-electron chi connectivity index (χ2n) is 14.1. The lowest BCUT2D eigenvalue weighted by molar-refractivity contribution is 1.39. The molecular weight excluding hydrogens is 765 g/mol. The predicted molar refractivity (Wildman–Crippen MR) is 257 cm³/mol. The van der Waals surface area contributed by atoms with Crippen LogP contribution in [0.4, 0.5) is 0 Å². The van der Waals surface area contributed by atoms with E-state index in [0.717, 1.165) is 81.5 Å². The van der Waals surface area contributed by atoms with E-state index in [2.05, 4.69) is 225 Å². The van der Waals surface area contributed by atoms with Crippen molar-refractivity contribution in [1.82, 2.24) is 4.98 Å². The summed E-state index contributed by atoms with van der Waals surface area (Å²) in [5.41, 5.74) is 6.24. The van der Waals surface area contributed by atoms with E-state index in [1.165, 1.54) is 0 Å². The van der Waals surface area contributed by atoms with Gasteiger partial charge in [0.15, 0.2) is 0 Å². The number of benzene rings is 8. The number of hydrogen-bond acceptors (Lipinski definition) is 3. The van der Waals surface area contributed by atoms with Crippen LogP contribution in [0.25, 0.3) is 50.1 Å². The van der Waals surface area contributed by atoms with Gasteiger partial charge in [-0.3, -0.25) is 0 Å². The van der Waals surface area contributed by atoms with E-state index < -0.39 is 12.1 Å². The summed E-state index contributed by atoms with van der Waals surface area (Å²) >= 11 is 14.3. The average Bonchev–Trinajstić information content (AvgIpc) is 3.29. The summed E-state index contributed by atoms with van der Waals surface area (Å²) in [7, 11) is 0. The Hall–Kier alpha value is -5.53. The molecule has 0 unspecified atom stereocenters. The van der Waals surface area contributed by atoms with E-state index in [-0.39, 0.29) is 0 Å². The fourth-order valence-corrected chi connectivity index (χ4v) is 15.7. The predicted octanol–water partition coefficient (Wildman–Crippen LogP) is 11.3. The highest BCUT2D eigenvalue weighted by Gasteiger charge is 2.31. The summed E-state index contributed by atoms with van der Waals surface area (Å²) in [6.45, 7) is 2.08. The van der Waals surface area contributed by atoms with Crippen LogP contribution in [0.2, 0.25) is 0 Å². The van der Waals surface area contributed by atoms with Crippen molar-refractivity contribution in [3.8, 4) is 22.4 Å². The molecule has 0 spiro atoms. The van der Waals surface area contributed by atoms with E-state index in [1.54, 1.807) is 0 Å². The second-order valence-corrected chi connectivity index (χ2v) is 22.9. The Morgan fingerprint density at radius 3 is 1.33 bits per heavy atom. The van der Waals surface area contributed by atoms with E-state index in [1.807, 2.05) is 0 Å². The van der Waals surface area contributed by atoms with Crippen LogP contribution >= 0.6 is 12.1 Å². The van der Waals surface area contributed by atoms with Gasteiger partial charge in [0.1, 0.15) is 0 Å². The minimum Gasteiger partial charge on any atom is -0.246 e. The molecule has 8 aromatic carbocycles. The first-order valence-corrected chi connectivity index (χ1v) is 24.7. The van der Waals surface area contributed by atoms with Crippen LogP contribution in [0, 0.1) is 0 Å². The minimum absolute atomic E-state index is 0.940. The van der Waals surface area contributed by atoms with Crippen LogP contribution < -0.4 is 31.8 Å². The van der Waals surface area contributed by atoms with Crippen LogP contribution in [0.15, 0.2) is 212 Å². The molecule has 0 aliphatic heterocycles. The third-order valence-corrected chi connectivity index (χ3v) is 20.6. The molecule has 9 aromatic rings. The third kappa shape index (κ3) is 6.66. The molecule has 1 heterocycles. The van der Waals surface area contributed by atoms with Gasteiger partial charge >= 0.3 is 0 Å². The topological polar surface area (TPSA) is 12.9 Å². The van der Waals surface area contributed by atoms with Crippen molar-refractivity contribution < 1.29 is 0 Å².